The number of hydrogen-bond donors (Lipinski definition) is 1. The maximum Gasteiger partial charge on any atom is 0.266 e. The lowest BCUT2D eigenvalue weighted by Crippen LogP contribution is -2.29. The van der Waals surface area contributed by atoms with E-state index in [0.29, 0.717) is 22.6 Å². The van der Waals surface area contributed by atoms with E-state index in [1.807, 2.05) is 12.1 Å². The Hall–Kier alpha value is -3.80. The number of aromatic amines is 1. The smallest absolute Gasteiger partial charge is 0.266 e. The molecule has 2 aromatic heterocycles. The Morgan fingerprint density at radius 1 is 0.885 bits per heavy atom. The molecule has 0 unspecified atom stereocenters. The summed E-state index contributed by atoms with van der Waals surface area (Å²) in [6, 6.07) is 15.9. The number of imide groups is 1. The van der Waals surface area contributed by atoms with Crippen molar-refractivity contribution in [3.8, 4) is 11.4 Å². The van der Waals surface area contributed by atoms with Crippen LogP contribution in [-0.4, -0.2) is 26.8 Å². The SMILES string of the molecule is O=C1c2ccccc2C(=O)N1c1ccc2nc(-c3cccnc3)[nH]c2c1. The highest BCUT2D eigenvalue weighted by Crippen LogP contribution is 2.30. The van der Waals surface area contributed by atoms with Crippen LogP contribution in [0.1, 0.15) is 20.7 Å². The molecule has 3 heterocycles. The van der Waals surface area contributed by atoms with Gasteiger partial charge < -0.3 is 4.98 Å². The van der Waals surface area contributed by atoms with Crippen LogP contribution in [0, 0.1) is 0 Å². The van der Waals surface area contributed by atoms with Gasteiger partial charge in [0, 0.05) is 18.0 Å². The van der Waals surface area contributed by atoms with Gasteiger partial charge in [-0.05, 0) is 42.5 Å². The van der Waals surface area contributed by atoms with Crippen molar-refractivity contribution in [2.75, 3.05) is 4.90 Å². The van der Waals surface area contributed by atoms with E-state index in [1.54, 1.807) is 54.9 Å². The zero-order valence-electron chi connectivity index (χ0n) is 13.5. The molecule has 6 nitrogen and oxygen atoms in total. The molecule has 0 fully saturated rings. The van der Waals surface area contributed by atoms with Crippen molar-refractivity contribution < 1.29 is 9.59 Å². The number of nitrogens with one attached hydrogen (secondary N) is 1. The highest BCUT2D eigenvalue weighted by molar-refractivity contribution is 6.34. The molecular formula is C20H12N4O2. The molecule has 0 radical (unpaired) electrons. The number of nitrogens with zero attached hydrogens (tertiary/aromatic N) is 3. The summed E-state index contributed by atoms with van der Waals surface area (Å²) >= 11 is 0. The summed E-state index contributed by atoms with van der Waals surface area (Å²) in [6.07, 6.45) is 3.43. The molecule has 1 aliphatic heterocycles. The van der Waals surface area contributed by atoms with Crippen LogP contribution in [0.25, 0.3) is 22.4 Å². The number of anilines is 1. The predicted molar refractivity (Wildman–Crippen MR) is 96.9 cm³/mol. The van der Waals surface area contributed by atoms with Gasteiger partial charge in [0.25, 0.3) is 11.8 Å². The number of carbonyl (C=O) groups is 2. The number of amides is 2. The van der Waals surface area contributed by atoms with Gasteiger partial charge in [-0.25, -0.2) is 9.88 Å². The summed E-state index contributed by atoms with van der Waals surface area (Å²) in [6.45, 7) is 0. The first-order valence-electron chi connectivity index (χ1n) is 8.10. The molecule has 4 aromatic rings. The lowest BCUT2D eigenvalue weighted by molar-refractivity contribution is 0.0926. The molecule has 124 valence electrons. The second kappa shape index (κ2) is 5.35. The summed E-state index contributed by atoms with van der Waals surface area (Å²) in [5.74, 6) is 0.0708. The van der Waals surface area contributed by atoms with E-state index in [4.69, 9.17) is 0 Å². The van der Waals surface area contributed by atoms with Crippen molar-refractivity contribution in [1.82, 2.24) is 15.0 Å². The van der Waals surface area contributed by atoms with Crippen LogP contribution in [0.4, 0.5) is 5.69 Å². The quantitative estimate of drug-likeness (QED) is 0.567. The van der Waals surface area contributed by atoms with E-state index in [1.165, 1.54) is 4.90 Å². The van der Waals surface area contributed by atoms with Gasteiger partial charge in [0.1, 0.15) is 5.82 Å². The Bertz CT molecular complexity index is 1150. The molecule has 26 heavy (non-hydrogen) atoms. The molecule has 6 heteroatoms. The van der Waals surface area contributed by atoms with E-state index in [9.17, 15) is 9.59 Å². The largest absolute Gasteiger partial charge is 0.338 e. The van der Waals surface area contributed by atoms with Crippen molar-refractivity contribution in [2.45, 2.75) is 0 Å². The van der Waals surface area contributed by atoms with Gasteiger partial charge in [0.2, 0.25) is 0 Å². The molecular weight excluding hydrogens is 328 g/mol. The van der Waals surface area contributed by atoms with E-state index >= 15 is 0 Å². The van der Waals surface area contributed by atoms with Crippen LogP contribution >= 0.6 is 0 Å². The van der Waals surface area contributed by atoms with Gasteiger partial charge in [0.05, 0.1) is 27.8 Å². The first kappa shape index (κ1) is 14.5. The normalized spacial score (nSPS) is 13.5. The van der Waals surface area contributed by atoms with Crippen molar-refractivity contribution in [1.29, 1.82) is 0 Å². The molecule has 0 saturated heterocycles. The van der Waals surface area contributed by atoms with Crippen LogP contribution in [0.5, 0.6) is 0 Å². The number of aromatic nitrogens is 3. The van der Waals surface area contributed by atoms with Crippen molar-refractivity contribution >= 4 is 28.5 Å². The fourth-order valence-electron chi connectivity index (χ4n) is 3.20. The lowest BCUT2D eigenvalue weighted by Gasteiger charge is -2.13. The Morgan fingerprint density at radius 3 is 2.35 bits per heavy atom. The molecule has 0 bridgehead atoms. The third-order valence-corrected chi connectivity index (χ3v) is 4.45. The summed E-state index contributed by atoms with van der Waals surface area (Å²) < 4.78 is 0. The monoisotopic (exact) mass is 340 g/mol. The maximum absolute atomic E-state index is 12.6. The third kappa shape index (κ3) is 2.05. The number of imidazole rings is 1. The zero-order chi connectivity index (χ0) is 17.7. The van der Waals surface area contributed by atoms with Crippen molar-refractivity contribution in [3.05, 3.63) is 78.1 Å². The fourth-order valence-corrected chi connectivity index (χ4v) is 3.20. The Kier molecular flexibility index (Phi) is 2.99. The van der Waals surface area contributed by atoms with E-state index in [-0.39, 0.29) is 11.8 Å². The second-order valence-corrected chi connectivity index (χ2v) is 6.02. The highest BCUT2D eigenvalue weighted by atomic mass is 16.2. The predicted octanol–water partition coefficient (Wildman–Crippen LogP) is 3.43. The number of fused-ring (bicyclic) bond motifs is 2. The van der Waals surface area contributed by atoms with E-state index < -0.39 is 0 Å². The number of carbonyl (C=O) groups excluding carboxylic acids is 2. The second-order valence-electron chi connectivity index (χ2n) is 6.02. The molecule has 0 spiro atoms. The summed E-state index contributed by atoms with van der Waals surface area (Å²) in [5, 5.41) is 0. The minimum atomic E-state index is -0.308. The van der Waals surface area contributed by atoms with Crippen LogP contribution < -0.4 is 4.90 Å². The van der Waals surface area contributed by atoms with Crippen LogP contribution in [0.15, 0.2) is 67.0 Å². The summed E-state index contributed by atoms with van der Waals surface area (Å²) in [7, 11) is 0. The Labute approximate surface area is 148 Å². The number of benzene rings is 2. The zero-order valence-corrected chi connectivity index (χ0v) is 13.5. The average molecular weight is 340 g/mol. The average Bonchev–Trinajstić information content (AvgIpc) is 3.22. The molecule has 0 aliphatic carbocycles. The van der Waals surface area contributed by atoms with Crippen molar-refractivity contribution in [3.63, 3.8) is 0 Å². The standard InChI is InChI=1S/C20H12N4O2/c25-19-14-5-1-2-6-15(14)20(26)24(19)13-7-8-16-17(10-13)23-18(22-16)12-4-3-9-21-11-12/h1-11H,(H,22,23). The molecule has 0 atom stereocenters. The van der Waals surface area contributed by atoms with Gasteiger partial charge in [0.15, 0.2) is 0 Å². The Balaban J connectivity index is 1.59. The first-order chi connectivity index (χ1) is 12.7. The number of rotatable bonds is 2. The minimum Gasteiger partial charge on any atom is -0.338 e. The maximum atomic E-state index is 12.6. The number of hydrogen-bond acceptors (Lipinski definition) is 4. The summed E-state index contributed by atoms with van der Waals surface area (Å²) in [5.41, 5.74) is 3.75. The number of H-pyrrole nitrogens is 1. The lowest BCUT2D eigenvalue weighted by atomic mass is 10.1. The van der Waals surface area contributed by atoms with Crippen LogP contribution in [0.3, 0.4) is 0 Å². The fraction of sp³-hybridized carbons (Fsp3) is 0. The molecule has 2 aromatic carbocycles. The van der Waals surface area contributed by atoms with E-state index in [2.05, 4.69) is 15.0 Å². The first-order valence-corrected chi connectivity index (χ1v) is 8.10. The molecule has 1 aliphatic rings. The summed E-state index contributed by atoms with van der Waals surface area (Å²) in [4.78, 5) is 38.4. The van der Waals surface area contributed by atoms with Gasteiger partial charge >= 0.3 is 0 Å². The van der Waals surface area contributed by atoms with Crippen LogP contribution in [0.2, 0.25) is 0 Å². The topological polar surface area (TPSA) is 79.0 Å². The highest BCUT2D eigenvalue weighted by Gasteiger charge is 2.36. The van der Waals surface area contributed by atoms with Crippen LogP contribution in [-0.2, 0) is 0 Å². The molecule has 1 N–H and O–H groups in total. The molecule has 2 amide bonds. The van der Waals surface area contributed by atoms with Gasteiger partial charge in [-0.3, -0.25) is 14.6 Å². The minimum absolute atomic E-state index is 0.308. The van der Waals surface area contributed by atoms with Gasteiger partial charge in [-0.1, -0.05) is 12.1 Å². The molecule has 5 rings (SSSR count). The molecule has 0 saturated carbocycles. The number of pyridine rings is 1. The third-order valence-electron chi connectivity index (χ3n) is 4.45. The van der Waals surface area contributed by atoms with Gasteiger partial charge in [-0.15, -0.1) is 0 Å². The van der Waals surface area contributed by atoms with E-state index in [0.717, 1.165) is 16.6 Å². The Morgan fingerprint density at radius 2 is 1.65 bits per heavy atom. The van der Waals surface area contributed by atoms with Gasteiger partial charge in [-0.2, -0.15) is 0 Å². The van der Waals surface area contributed by atoms with Crippen molar-refractivity contribution in [2.24, 2.45) is 0 Å².